The number of rotatable bonds is 13. The number of halogens is 2. The van der Waals surface area contributed by atoms with E-state index >= 15 is 0 Å². The van der Waals surface area contributed by atoms with E-state index < -0.39 is 81.1 Å². The van der Waals surface area contributed by atoms with E-state index in [1.165, 1.54) is 4.90 Å². The highest BCUT2D eigenvalue weighted by atomic mass is 35.5. The summed E-state index contributed by atoms with van der Waals surface area (Å²) in [5.74, 6) is -4.72. The quantitative estimate of drug-likeness (QED) is 0.113. The molecule has 3 aliphatic rings. The number of hydrogen-bond acceptors (Lipinski definition) is 8. The third-order valence-electron chi connectivity index (χ3n) is 8.49. The number of fused-ring (bicyclic) bond motifs is 1. The summed E-state index contributed by atoms with van der Waals surface area (Å²) in [5, 5.41) is 7.85. The lowest BCUT2D eigenvalue weighted by atomic mass is 9.83. The Morgan fingerprint density at radius 1 is 0.957 bits per heavy atom. The van der Waals surface area contributed by atoms with Crippen molar-refractivity contribution < 1.29 is 38.2 Å². The molecule has 47 heavy (non-hydrogen) atoms. The Morgan fingerprint density at radius 3 is 2.15 bits per heavy atom. The van der Waals surface area contributed by atoms with Crippen molar-refractivity contribution in [3.63, 3.8) is 0 Å². The number of ketones is 1. The fraction of sp³-hybridized carbons (Fsp3) is 0.758. The van der Waals surface area contributed by atoms with Crippen LogP contribution in [0.15, 0.2) is 12.7 Å². The average molecular weight is 702 g/mol. The predicted molar refractivity (Wildman–Crippen MR) is 176 cm³/mol. The first kappa shape index (κ1) is 38.6. The van der Waals surface area contributed by atoms with Gasteiger partial charge in [-0.1, -0.05) is 25.3 Å². The van der Waals surface area contributed by atoms with Gasteiger partial charge in [-0.25, -0.2) is 4.79 Å². The molecule has 12 nitrogen and oxygen atoms in total. The van der Waals surface area contributed by atoms with Gasteiger partial charge in [0.25, 0.3) is 5.91 Å². The molecule has 3 rings (SSSR count). The highest BCUT2D eigenvalue weighted by Gasteiger charge is 2.74. The summed E-state index contributed by atoms with van der Waals surface area (Å²) in [6.45, 7) is 13.9. The van der Waals surface area contributed by atoms with Crippen LogP contribution < -0.4 is 16.0 Å². The summed E-state index contributed by atoms with van der Waals surface area (Å²) in [4.78, 5) is 80.4. The number of alkyl carbamates (subject to hydrolysis) is 1. The van der Waals surface area contributed by atoms with Gasteiger partial charge in [-0.2, -0.15) is 0 Å². The van der Waals surface area contributed by atoms with Crippen LogP contribution in [0.25, 0.3) is 0 Å². The van der Waals surface area contributed by atoms with Crippen LogP contribution in [-0.4, -0.2) is 87.2 Å². The second-order valence-electron chi connectivity index (χ2n) is 14.6. The minimum atomic E-state index is -1.25. The molecule has 4 unspecified atom stereocenters. The maximum atomic E-state index is 14.2. The molecule has 0 aromatic rings. The van der Waals surface area contributed by atoms with Crippen molar-refractivity contribution in [1.29, 1.82) is 0 Å². The second-order valence-corrected chi connectivity index (χ2v) is 16.1. The van der Waals surface area contributed by atoms with E-state index in [4.69, 9.17) is 32.7 Å². The zero-order chi connectivity index (χ0) is 35.3. The molecule has 1 aliphatic heterocycles. The molecule has 2 aliphatic carbocycles. The molecule has 5 atom stereocenters. The van der Waals surface area contributed by atoms with Crippen molar-refractivity contribution in [2.24, 2.45) is 17.8 Å². The van der Waals surface area contributed by atoms with Gasteiger partial charge in [-0.3, -0.25) is 24.0 Å². The normalized spacial score (nSPS) is 23.4. The molecule has 0 aromatic carbocycles. The SMILES string of the molecule is C=CCCC(NC(=O)[C@@H]1C2C(CN1C(=O)C(NC(=O)OC(C)(C)C)C1CCCCC1)C2(Cl)Cl)C(=O)C(=O)NCCC(=O)OC(C)(C)C. The third kappa shape index (κ3) is 10.6. The number of esters is 1. The molecule has 14 heteroatoms. The monoisotopic (exact) mass is 700 g/mol. The zero-order valence-corrected chi connectivity index (χ0v) is 29.8. The Morgan fingerprint density at radius 2 is 1.57 bits per heavy atom. The molecule has 0 bridgehead atoms. The van der Waals surface area contributed by atoms with E-state index in [0.29, 0.717) is 6.42 Å². The van der Waals surface area contributed by atoms with Crippen LogP contribution in [-0.2, 0) is 33.4 Å². The van der Waals surface area contributed by atoms with Gasteiger partial charge in [-0.05, 0) is 73.1 Å². The smallest absolute Gasteiger partial charge is 0.408 e. The van der Waals surface area contributed by atoms with E-state index in [2.05, 4.69) is 22.5 Å². The topological polar surface area (TPSA) is 160 Å². The van der Waals surface area contributed by atoms with Gasteiger partial charge in [0.05, 0.1) is 12.5 Å². The number of alkyl halides is 2. The molecule has 0 aromatic heterocycles. The van der Waals surface area contributed by atoms with Crippen LogP contribution in [0.3, 0.4) is 0 Å². The average Bonchev–Trinajstić information content (AvgIpc) is 3.26. The van der Waals surface area contributed by atoms with Gasteiger partial charge in [-0.15, -0.1) is 29.8 Å². The number of piperidine rings is 1. The number of likely N-dealkylation sites (tertiary alicyclic amines) is 1. The van der Waals surface area contributed by atoms with Crippen LogP contribution in [0.4, 0.5) is 4.79 Å². The van der Waals surface area contributed by atoms with Gasteiger partial charge in [0.1, 0.15) is 27.6 Å². The van der Waals surface area contributed by atoms with Gasteiger partial charge < -0.3 is 30.3 Å². The van der Waals surface area contributed by atoms with Crippen molar-refractivity contribution in [3.8, 4) is 0 Å². The number of Topliss-reactive ketones (excluding diaryl/α,β-unsaturated/α-hetero) is 1. The van der Waals surface area contributed by atoms with Crippen LogP contribution in [0, 0.1) is 17.8 Å². The van der Waals surface area contributed by atoms with Gasteiger partial charge in [0, 0.05) is 24.9 Å². The molecular formula is C33H50Cl2N4O8. The van der Waals surface area contributed by atoms with Crippen LogP contribution in [0.2, 0.25) is 0 Å². The molecule has 0 spiro atoms. The lowest BCUT2D eigenvalue weighted by molar-refractivity contribution is -0.154. The van der Waals surface area contributed by atoms with E-state index in [9.17, 15) is 28.8 Å². The van der Waals surface area contributed by atoms with E-state index in [1.54, 1.807) is 47.6 Å². The summed E-state index contributed by atoms with van der Waals surface area (Å²) < 4.78 is 9.43. The molecule has 264 valence electrons. The molecule has 4 amide bonds. The van der Waals surface area contributed by atoms with E-state index in [1.807, 2.05) is 0 Å². The number of allylic oxidation sites excluding steroid dienone is 1. The molecule has 3 N–H and O–H groups in total. The standard InChI is InChI=1S/C33H50Cl2N4O8/c1-8-9-15-21(26(41)28(43)36-17-16-22(40)46-31(2,3)4)37-27(42)25-23-20(33(23,34)35)18-39(25)29(44)24(19-13-11-10-12-14-19)38-30(45)47-32(5,6)7/h8,19-21,23-25H,1,9-18H2,2-7H3,(H,36,43)(H,37,42)(H,38,45)/t20?,21?,23?,24?,25-/m0/s1. The number of nitrogens with zero attached hydrogens (tertiary/aromatic N) is 1. The Kier molecular flexibility index (Phi) is 12.8. The molecule has 0 radical (unpaired) electrons. The van der Waals surface area contributed by atoms with E-state index in [-0.39, 0.29) is 31.8 Å². The molecular weight excluding hydrogens is 651 g/mol. The number of nitrogens with one attached hydrogen (secondary N) is 3. The minimum Gasteiger partial charge on any atom is -0.460 e. The maximum Gasteiger partial charge on any atom is 0.408 e. The summed E-state index contributed by atoms with van der Waals surface area (Å²) in [5.41, 5.74) is -1.48. The van der Waals surface area contributed by atoms with Crippen LogP contribution >= 0.6 is 23.2 Å². The van der Waals surface area contributed by atoms with Crippen molar-refractivity contribution in [2.45, 2.75) is 127 Å². The molecule has 1 saturated heterocycles. The maximum absolute atomic E-state index is 14.2. The van der Waals surface area contributed by atoms with Crippen LogP contribution in [0.1, 0.15) is 92.9 Å². The second kappa shape index (κ2) is 15.6. The number of carbonyl (C=O) groups excluding carboxylic acids is 6. The Balaban J connectivity index is 1.77. The largest absolute Gasteiger partial charge is 0.460 e. The molecule has 1 heterocycles. The Hall–Kier alpha value is -2.86. The number of hydrogen-bond donors (Lipinski definition) is 3. The molecule has 2 saturated carbocycles. The lowest BCUT2D eigenvalue weighted by Crippen LogP contribution is -2.60. The Labute approximate surface area is 287 Å². The fourth-order valence-corrected chi connectivity index (χ4v) is 7.15. The Bertz CT molecular complexity index is 1220. The van der Waals surface area contributed by atoms with Crippen molar-refractivity contribution >= 4 is 58.8 Å². The number of amides is 4. The minimum absolute atomic E-state index is 0.0696. The van der Waals surface area contributed by atoms with Gasteiger partial charge in [0.2, 0.25) is 17.6 Å². The van der Waals surface area contributed by atoms with E-state index in [0.717, 1.165) is 32.1 Å². The first-order valence-electron chi connectivity index (χ1n) is 16.4. The van der Waals surface area contributed by atoms with Crippen molar-refractivity contribution in [1.82, 2.24) is 20.9 Å². The zero-order valence-electron chi connectivity index (χ0n) is 28.3. The van der Waals surface area contributed by atoms with Crippen LogP contribution in [0.5, 0.6) is 0 Å². The summed E-state index contributed by atoms with van der Waals surface area (Å²) in [6.07, 6.45) is 5.32. The lowest BCUT2D eigenvalue weighted by Gasteiger charge is -2.36. The summed E-state index contributed by atoms with van der Waals surface area (Å²) >= 11 is 13.1. The summed E-state index contributed by atoms with van der Waals surface area (Å²) in [6, 6.07) is -3.32. The van der Waals surface area contributed by atoms with Gasteiger partial charge in [0.15, 0.2) is 0 Å². The highest BCUT2D eigenvalue weighted by molar-refractivity contribution is 6.51. The highest BCUT2D eigenvalue weighted by Crippen LogP contribution is 2.65. The van der Waals surface area contributed by atoms with Crippen molar-refractivity contribution in [3.05, 3.63) is 12.7 Å². The number of ether oxygens (including phenoxy) is 2. The third-order valence-corrected chi connectivity index (χ3v) is 9.56. The fourth-order valence-electron chi connectivity index (χ4n) is 6.32. The predicted octanol–water partition coefficient (Wildman–Crippen LogP) is 3.96. The first-order valence-corrected chi connectivity index (χ1v) is 17.2. The summed E-state index contributed by atoms with van der Waals surface area (Å²) in [7, 11) is 0. The first-order chi connectivity index (χ1) is 21.8. The number of carbonyl (C=O) groups is 6. The van der Waals surface area contributed by atoms with Gasteiger partial charge >= 0.3 is 12.1 Å². The molecule has 3 fully saturated rings. The van der Waals surface area contributed by atoms with Crippen molar-refractivity contribution in [2.75, 3.05) is 13.1 Å².